The Hall–Kier alpha value is -0.870. The highest BCUT2D eigenvalue weighted by Gasteiger charge is 2.23. The van der Waals surface area contributed by atoms with Crippen molar-refractivity contribution in [2.24, 2.45) is 0 Å². The minimum absolute atomic E-state index is 0.155. The Kier molecular flexibility index (Phi) is 3.07. The number of aryl methyl sites for hydroxylation is 1. The molecule has 3 nitrogen and oxygen atoms in total. The SMILES string of the molecule is Cc1ccc(C(C)NC2CNC(=O)C2)s1. The monoisotopic (exact) mass is 224 g/mol. The Labute approximate surface area is 93.9 Å². The van der Waals surface area contributed by atoms with E-state index in [1.165, 1.54) is 9.75 Å². The van der Waals surface area contributed by atoms with E-state index >= 15 is 0 Å². The number of carbonyl (C=O) groups excluding carboxylic acids is 1. The van der Waals surface area contributed by atoms with Crippen molar-refractivity contribution in [3.05, 3.63) is 21.9 Å². The Morgan fingerprint density at radius 1 is 1.60 bits per heavy atom. The van der Waals surface area contributed by atoms with Crippen LogP contribution in [0.2, 0.25) is 0 Å². The highest BCUT2D eigenvalue weighted by molar-refractivity contribution is 7.12. The van der Waals surface area contributed by atoms with Gasteiger partial charge in [-0.3, -0.25) is 4.79 Å². The zero-order valence-corrected chi connectivity index (χ0v) is 9.86. The number of hydrogen-bond acceptors (Lipinski definition) is 3. The van der Waals surface area contributed by atoms with Gasteiger partial charge in [0.05, 0.1) is 0 Å². The topological polar surface area (TPSA) is 41.1 Å². The first-order chi connectivity index (χ1) is 7.15. The molecule has 0 radical (unpaired) electrons. The molecule has 1 aromatic heterocycles. The lowest BCUT2D eigenvalue weighted by molar-refractivity contribution is -0.119. The minimum Gasteiger partial charge on any atom is -0.354 e. The molecule has 1 aromatic rings. The van der Waals surface area contributed by atoms with Crippen molar-refractivity contribution >= 4 is 17.2 Å². The molecule has 1 fully saturated rings. The van der Waals surface area contributed by atoms with Gasteiger partial charge in [-0.1, -0.05) is 0 Å². The molecule has 2 unspecified atom stereocenters. The van der Waals surface area contributed by atoms with E-state index in [2.05, 4.69) is 36.6 Å². The van der Waals surface area contributed by atoms with Crippen LogP contribution in [0.5, 0.6) is 0 Å². The zero-order valence-electron chi connectivity index (χ0n) is 9.04. The predicted molar refractivity (Wildman–Crippen MR) is 62.0 cm³/mol. The van der Waals surface area contributed by atoms with Gasteiger partial charge < -0.3 is 10.6 Å². The Morgan fingerprint density at radius 2 is 2.40 bits per heavy atom. The molecule has 0 spiro atoms. The molecule has 0 saturated carbocycles. The van der Waals surface area contributed by atoms with Crippen molar-refractivity contribution in [3.63, 3.8) is 0 Å². The van der Waals surface area contributed by atoms with Crippen molar-refractivity contribution in [2.45, 2.75) is 32.4 Å². The number of amides is 1. The fourth-order valence-electron chi connectivity index (χ4n) is 1.84. The minimum atomic E-state index is 0.155. The zero-order chi connectivity index (χ0) is 10.8. The molecule has 1 amide bonds. The third kappa shape index (κ3) is 2.58. The summed E-state index contributed by atoms with van der Waals surface area (Å²) in [6, 6.07) is 4.91. The van der Waals surface area contributed by atoms with Gasteiger partial charge in [0.1, 0.15) is 0 Å². The standard InChI is InChI=1S/C11H16N2OS/c1-7-3-4-10(15-7)8(2)13-9-5-11(14)12-6-9/h3-4,8-9,13H,5-6H2,1-2H3,(H,12,14). The van der Waals surface area contributed by atoms with Crippen molar-refractivity contribution in [1.29, 1.82) is 0 Å². The van der Waals surface area contributed by atoms with E-state index in [4.69, 9.17) is 0 Å². The molecule has 0 aromatic carbocycles. The molecule has 2 rings (SSSR count). The van der Waals surface area contributed by atoms with Crippen LogP contribution in [0.3, 0.4) is 0 Å². The molecule has 2 heterocycles. The van der Waals surface area contributed by atoms with Crippen LogP contribution < -0.4 is 10.6 Å². The molecule has 4 heteroatoms. The van der Waals surface area contributed by atoms with E-state index in [0.717, 1.165) is 6.54 Å². The lowest BCUT2D eigenvalue weighted by Crippen LogP contribution is -2.32. The largest absolute Gasteiger partial charge is 0.354 e. The van der Waals surface area contributed by atoms with Crippen molar-refractivity contribution in [2.75, 3.05) is 6.54 Å². The third-order valence-corrected chi connectivity index (χ3v) is 3.83. The molecule has 1 saturated heterocycles. The van der Waals surface area contributed by atoms with Crippen molar-refractivity contribution in [3.8, 4) is 0 Å². The quantitative estimate of drug-likeness (QED) is 0.818. The highest BCUT2D eigenvalue weighted by Crippen LogP contribution is 2.23. The van der Waals surface area contributed by atoms with Crippen LogP contribution in [0, 0.1) is 6.92 Å². The molecular formula is C11H16N2OS. The molecule has 1 aliphatic heterocycles. The first kappa shape index (κ1) is 10.6. The van der Waals surface area contributed by atoms with Crippen LogP contribution in [-0.2, 0) is 4.79 Å². The summed E-state index contributed by atoms with van der Waals surface area (Å²) in [4.78, 5) is 13.7. The summed E-state index contributed by atoms with van der Waals surface area (Å²) in [6.07, 6.45) is 0.606. The summed E-state index contributed by atoms with van der Waals surface area (Å²) in [6.45, 7) is 5.02. The smallest absolute Gasteiger partial charge is 0.221 e. The normalized spacial score (nSPS) is 22.8. The average Bonchev–Trinajstić information content (AvgIpc) is 2.75. The van der Waals surface area contributed by atoms with Gasteiger partial charge in [-0.25, -0.2) is 0 Å². The van der Waals surface area contributed by atoms with Crippen LogP contribution in [0.4, 0.5) is 0 Å². The summed E-state index contributed by atoms with van der Waals surface area (Å²) < 4.78 is 0. The molecule has 0 aliphatic carbocycles. The second-order valence-electron chi connectivity index (χ2n) is 4.04. The number of thiophene rings is 1. The summed E-state index contributed by atoms with van der Waals surface area (Å²) in [7, 11) is 0. The van der Waals surface area contributed by atoms with E-state index in [-0.39, 0.29) is 11.9 Å². The van der Waals surface area contributed by atoms with Crippen molar-refractivity contribution < 1.29 is 4.79 Å². The summed E-state index contributed by atoms with van der Waals surface area (Å²) in [5, 5.41) is 6.30. The molecule has 15 heavy (non-hydrogen) atoms. The molecular weight excluding hydrogens is 208 g/mol. The van der Waals surface area contributed by atoms with Gasteiger partial charge in [0.25, 0.3) is 0 Å². The van der Waals surface area contributed by atoms with Gasteiger partial charge in [0.15, 0.2) is 0 Å². The molecule has 82 valence electrons. The summed E-state index contributed by atoms with van der Waals surface area (Å²) in [5.74, 6) is 0.155. The van der Waals surface area contributed by atoms with Crippen LogP contribution >= 0.6 is 11.3 Å². The lowest BCUT2D eigenvalue weighted by atomic mass is 10.2. The molecule has 0 bridgehead atoms. The van der Waals surface area contributed by atoms with Gasteiger partial charge in [0.2, 0.25) is 5.91 Å². The second kappa shape index (κ2) is 4.33. The van der Waals surface area contributed by atoms with Crippen LogP contribution in [0.1, 0.15) is 29.1 Å². The Morgan fingerprint density at radius 3 is 2.93 bits per heavy atom. The van der Waals surface area contributed by atoms with Crippen LogP contribution in [0.25, 0.3) is 0 Å². The Balaban J connectivity index is 1.92. The van der Waals surface area contributed by atoms with Crippen molar-refractivity contribution in [1.82, 2.24) is 10.6 Å². The number of carbonyl (C=O) groups is 1. The van der Waals surface area contributed by atoms with Gasteiger partial charge in [0, 0.05) is 34.8 Å². The number of nitrogens with one attached hydrogen (secondary N) is 2. The van der Waals surface area contributed by atoms with Crippen LogP contribution in [0.15, 0.2) is 12.1 Å². The molecule has 2 atom stereocenters. The van der Waals surface area contributed by atoms with Crippen LogP contribution in [-0.4, -0.2) is 18.5 Å². The fourth-order valence-corrected chi connectivity index (χ4v) is 2.73. The maximum Gasteiger partial charge on any atom is 0.221 e. The van der Waals surface area contributed by atoms with Gasteiger partial charge in [-0.05, 0) is 26.0 Å². The number of rotatable bonds is 3. The Bertz CT molecular complexity index is 361. The lowest BCUT2D eigenvalue weighted by Gasteiger charge is -2.16. The van der Waals surface area contributed by atoms with E-state index in [1.807, 2.05) is 11.3 Å². The first-order valence-corrected chi connectivity index (χ1v) is 6.06. The van der Waals surface area contributed by atoms with E-state index in [1.54, 1.807) is 0 Å². The highest BCUT2D eigenvalue weighted by atomic mass is 32.1. The van der Waals surface area contributed by atoms with Gasteiger partial charge >= 0.3 is 0 Å². The molecule has 2 N–H and O–H groups in total. The maximum atomic E-state index is 11.0. The van der Waals surface area contributed by atoms with E-state index < -0.39 is 0 Å². The summed E-state index contributed by atoms with van der Waals surface area (Å²) >= 11 is 1.81. The predicted octanol–water partition coefficient (Wildman–Crippen LogP) is 1.60. The molecule has 1 aliphatic rings. The summed E-state index contributed by atoms with van der Waals surface area (Å²) in [5.41, 5.74) is 0. The van der Waals surface area contributed by atoms with E-state index in [0.29, 0.717) is 12.5 Å². The van der Waals surface area contributed by atoms with Gasteiger partial charge in [-0.15, -0.1) is 11.3 Å². The van der Waals surface area contributed by atoms with E-state index in [9.17, 15) is 4.79 Å². The third-order valence-electron chi connectivity index (χ3n) is 2.65. The van der Waals surface area contributed by atoms with Gasteiger partial charge in [-0.2, -0.15) is 0 Å². The fraction of sp³-hybridized carbons (Fsp3) is 0.545. The first-order valence-electron chi connectivity index (χ1n) is 5.24. The maximum absolute atomic E-state index is 11.0. The second-order valence-corrected chi connectivity index (χ2v) is 5.36. The average molecular weight is 224 g/mol. The number of hydrogen-bond donors (Lipinski definition) is 2.